The molecule has 4 nitrogen and oxygen atoms in total. The summed E-state index contributed by atoms with van der Waals surface area (Å²) in [5.41, 5.74) is -0.0886. The Morgan fingerprint density at radius 2 is 2.19 bits per heavy atom. The van der Waals surface area contributed by atoms with Crippen molar-refractivity contribution in [3.63, 3.8) is 0 Å². The summed E-state index contributed by atoms with van der Waals surface area (Å²) >= 11 is 0. The number of ether oxygens (including phenoxy) is 1. The number of carbonyl (C=O) groups is 2. The highest BCUT2D eigenvalue weighted by atomic mass is 16.5. The predicted molar refractivity (Wildman–Crippen MR) is 56.8 cm³/mol. The number of hydrogen-bond donors (Lipinski definition) is 1. The zero-order valence-corrected chi connectivity index (χ0v) is 9.11. The van der Waals surface area contributed by atoms with Crippen LogP contribution >= 0.6 is 0 Å². The smallest absolute Gasteiger partial charge is 0.317 e. The highest BCUT2D eigenvalue weighted by molar-refractivity contribution is 6.15. The van der Waals surface area contributed by atoms with Crippen LogP contribution in [0.4, 0.5) is 0 Å². The van der Waals surface area contributed by atoms with Gasteiger partial charge < -0.3 is 9.84 Å². The number of fused-ring (bicyclic) bond motifs is 1. The van der Waals surface area contributed by atoms with Crippen LogP contribution in [0.1, 0.15) is 22.8 Å². The van der Waals surface area contributed by atoms with Gasteiger partial charge in [0.2, 0.25) is 0 Å². The highest BCUT2D eigenvalue weighted by Gasteiger charge is 2.47. The van der Waals surface area contributed by atoms with Crippen LogP contribution in [-0.4, -0.2) is 24.0 Å². The monoisotopic (exact) mass is 220 g/mol. The van der Waals surface area contributed by atoms with E-state index in [4.69, 9.17) is 9.84 Å². The Morgan fingerprint density at radius 3 is 2.75 bits per heavy atom. The number of carboxylic acid groups (broad SMARTS) is 1. The van der Waals surface area contributed by atoms with E-state index in [1.807, 2.05) is 0 Å². The minimum Gasteiger partial charge on any atom is -0.497 e. The first-order chi connectivity index (χ1) is 7.49. The lowest BCUT2D eigenvalue weighted by Gasteiger charge is -2.14. The van der Waals surface area contributed by atoms with Crippen molar-refractivity contribution in [2.75, 3.05) is 7.11 Å². The van der Waals surface area contributed by atoms with Crippen molar-refractivity contribution >= 4 is 11.8 Å². The summed E-state index contributed by atoms with van der Waals surface area (Å²) in [5.74, 6) is -0.844. The zero-order valence-electron chi connectivity index (χ0n) is 9.11. The molecular formula is C12H12O4. The molecule has 16 heavy (non-hydrogen) atoms. The van der Waals surface area contributed by atoms with E-state index in [1.54, 1.807) is 18.2 Å². The van der Waals surface area contributed by atoms with E-state index in [-0.39, 0.29) is 12.2 Å². The third kappa shape index (κ3) is 1.30. The minimum absolute atomic E-state index is 0.250. The second-order valence-electron chi connectivity index (χ2n) is 4.17. The minimum atomic E-state index is -1.32. The van der Waals surface area contributed by atoms with Crippen LogP contribution in [0.2, 0.25) is 0 Å². The second kappa shape index (κ2) is 3.33. The molecule has 0 heterocycles. The Kier molecular flexibility index (Phi) is 2.22. The lowest BCUT2D eigenvalue weighted by Crippen LogP contribution is -2.33. The number of aliphatic carboxylic acids is 1. The van der Waals surface area contributed by atoms with Crippen molar-refractivity contribution in [2.24, 2.45) is 5.41 Å². The molecule has 0 radical (unpaired) electrons. The Morgan fingerprint density at radius 1 is 1.50 bits per heavy atom. The van der Waals surface area contributed by atoms with Crippen LogP contribution < -0.4 is 4.74 Å². The number of hydrogen-bond acceptors (Lipinski definition) is 3. The maximum Gasteiger partial charge on any atom is 0.317 e. The molecule has 0 aliphatic heterocycles. The normalized spacial score (nSPS) is 23.0. The van der Waals surface area contributed by atoms with Crippen LogP contribution in [0.5, 0.6) is 5.75 Å². The van der Waals surface area contributed by atoms with Gasteiger partial charge in [-0.1, -0.05) is 6.07 Å². The third-order valence-corrected chi connectivity index (χ3v) is 3.08. The molecule has 0 saturated heterocycles. The van der Waals surface area contributed by atoms with Gasteiger partial charge in [0.15, 0.2) is 5.78 Å². The molecule has 84 valence electrons. The largest absolute Gasteiger partial charge is 0.497 e. The fourth-order valence-corrected chi connectivity index (χ4v) is 1.98. The van der Waals surface area contributed by atoms with Crippen LogP contribution in [0.25, 0.3) is 0 Å². The van der Waals surface area contributed by atoms with Gasteiger partial charge in [0, 0.05) is 5.56 Å². The molecule has 1 aliphatic carbocycles. The van der Waals surface area contributed by atoms with Gasteiger partial charge in [-0.25, -0.2) is 0 Å². The molecule has 1 atom stereocenters. The van der Waals surface area contributed by atoms with Crippen molar-refractivity contribution in [1.82, 2.24) is 0 Å². The molecule has 0 spiro atoms. The maximum atomic E-state index is 12.0. The van der Waals surface area contributed by atoms with E-state index in [0.717, 1.165) is 5.56 Å². The molecule has 0 aromatic heterocycles. The molecule has 0 saturated carbocycles. The van der Waals surface area contributed by atoms with E-state index >= 15 is 0 Å². The van der Waals surface area contributed by atoms with Gasteiger partial charge >= 0.3 is 5.97 Å². The van der Waals surface area contributed by atoms with Gasteiger partial charge in [-0.05, 0) is 31.0 Å². The Hall–Kier alpha value is -1.84. The van der Waals surface area contributed by atoms with E-state index in [0.29, 0.717) is 11.3 Å². The van der Waals surface area contributed by atoms with Gasteiger partial charge in [0.1, 0.15) is 11.2 Å². The lowest BCUT2D eigenvalue weighted by molar-refractivity contribution is -0.144. The highest BCUT2D eigenvalue weighted by Crippen LogP contribution is 2.38. The quantitative estimate of drug-likeness (QED) is 0.767. The van der Waals surface area contributed by atoms with E-state index < -0.39 is 11.4 Å². The Bertz CT molecular complexity index is 478. The molecule has 0 amide bonds. The van der Waals surface area contributed by atoms with Crippen LogP contribution in [-0.2, 0) is 11.2 Å². The van der Waals surface area contributed by atoms with Crippen LogP contribution in [0.3, 0.4) is 0 Å². The SMILES string of the molecule is COc1ccc2c(c1)C(=O)C(C)(C(=O)O)C2. The summed E-state index contributed by atoms with van der Waals surface area (Å²) in [6.45, 7) is 1.46. The van der Waals surface area contributed by atoms with E-state index in [2.05, 4.69) is 0 Å². The van der Waals surface area contributed by atoms with Crippen molar-refractivity contribution in [3.8, 4) is 5.75 Å². The van der Waals surface area contributed by atoms with Crippen molar-refractivity contribution in [1.29, 1.82) is 0 Å². The topological polar surface area (TPSA) is 63.6 Å². The van der Waals surface area contributed by atoms with Gasteiger partial charge in [0.05, 0.1) is 7.11 Å². The van der Waals surface area contributed by atoms with Crippen LogP contribution in [0.15, 0.2) is 18.2 Å². The summed E-state index contributed by atoms with van der Waals surface area (Å²) in [5, 5.41) is 9.09. The molecule has 1 aliphatic rings. The number of benzene rings is 1. The predicted octanol–water partition coefficient (Wildman–Crippen LogP) is 1.52. The van der Waals surface area contributed by atoms with Gasteiger partial charge in [-0.15, -0.1) is 0 Å². The van der Waals surface area contributed by atoms with E-state index in [1.165, 1.54) is 14.0 Å². The molecule has 0 fully saturated rings. The number of carbonyl (C=O) groups excluding carboxylic acids is 1. The van der Waals surface area contributed by atoms with Crippen molar-refractivity contribution < 1.29 is 19.4 Å². The summed E-state index contributed by atoms with van der Waals surface area (Å²) < 4.78 is 5.02. The number of methoxy groups -OCH3 is 1. The fraction of sp³-hybridized carbons (Fsp3) is 0.333. The zero-order chi connectivity index (χ0) is 11.9. The number of rotatable bonds is 2. The second-order valence-corrected chi connectivity index (χ2v) is 4.17. The van der Waals surface area contributed by atoms with Gasteiger partial charge in [-0.2, -0.15) is 0 Å². The first kappa shape index (κ1) is 10.7. The molecule has 4 heteroatoms. The van der Waals surface area contributed by atoms with E-state index in [9.17, 15) is 9.59 Å². The van der Waals surface area contributed by atoms with Gasteiger partial charge in [-0.3, -0.25) is 9.59 Å². The first-order valence-corrected chi connectivity index (χ1v) is 4.94. The Labute approximate surface area is 92.8 Å². The average molecular weight is 220 g/mol. The molecule has 2 rings (SSSR count). The fourth-order valence-electron chi connectivity index (χ4n) is 1.98. The molecule has 1 aromatic carbocycles. The maximum absolute atomic E-state index is 12.0. The number of ketones is 1. The average Bonchev–Trinajstić information content (AvgIpc) is 2.52. The first-order valence-electron chi connectivity index (χ1n) is 4.94. The number of Topliss-reactive ketones (excluding diaryl/α,β-unsaturated/α-hetero) is 1. The standard InChI is InChI=1S/C12H12O4/c1-12(11(14)15)6-7-3-4-8(16-2)5-9(7)10(12)13/h3-5H,6H2,1-2H3,(H,14,15). The molecule has 1 unspecified atom stereocenters. The van der Waals surface area contributed by atoms with Crippen molar-refractivity contribution in [2.45, 2.75) is 13.3 Å². The molecular weight excluding hydrogens is 208 g/mol. The van der Waals surface area contributed by atoms with Gasteiger partial charge in [0.25, 0.3) is 0 Å². The molecule has 1 aromatic rings. The summed E-state index contributed by atoms with van der Waals surface area (Å²) in [6.07, 6.45) is 0.250. The summed E-state index contributed by atoms with van der Waals surface area (Å²) in [6, 6.07) is 5.09. The Balaban J connectivity index is 2.50. The third-order valence-electron chi connectivity index (χ3n) is 3.08. The van der Waals surface area contributed by atoms with Crippen LogP contribution in [0, 0.1) is 5.41 Å². The van der Waals surface area contributed by atoms with Crippen molar-refractivity contribution in [3.05, 3.63) is 29.3 Å². The molecule has 1 N–H and O–H groups in total. The summed E-state index contributed by atoms with van der Waals surface area (Å²) in [7, 11) is 1.51. The number of carboxylic acids is 1. The summed E-state index contributed by atoms with van der Waals surface area (Å²) in [4.78, 5) is 23.1. The lowest BCUT2D eigenvalue weighted by atomic mass is 9.86. The molecule has 0 bridgehead atoms.